The molecule has 7 heteroatoms. The molecule has 0 fully saturated rings. The van der Waals surface area contributed by atoms with Crippen LogP contribution >= 0.6 is 0 Å². The van der Waals surface area contributed by atoms with Crippen molar-refractivity contribution in [2.45, 2.75) is 44.6 Å². The largest absolute Gasteiger partial charge is 0.348 e. The molecule has 1 amide bonds. The van der Waals surface area contributed by atoms with E-state index in [-0.39, 0.29) is 10.8 Å². The Morgan fingerprint density at radius 3 is 2.48 bits per heavy atom. The Morgan fingerprint density at radius 2 is 1.81 bits per heavy atom. The molecule has 0 aliphatic heterocycles. The van der Waals surface area contributed by atoms with E-state index in [4.69, 9.17) is 0 Å². The van der Waals surface area contributed by atoms with E-state index in [1.807, 2.05) is 18.2 Å². The molecule has 2 aromatic carbocycles. The van der Waals surface area contributed by atoms with Crippen molar-refractivity contribution in [2.24, 2.45) is 0 Å². The zero-order valence-electron chi connectivity index (χ0n) is 17.8. The van der Waals surface area contributed by atoms with E-state index in [1.54, 1.807) is 55.7 Å². The van der Waals surface area contributed by atoms with Gasteiger partial charge in [0.05, 0.1) is 10.6 Å². The van der Waals surface area contributed by atoms with Gasteiger partial charge in [0.15, 0.2) is 0 Å². The zero-order valence-corrected chi connectivity index (χ0v) is 18.6. The molecule has 0 radical (unpaired) electrons. The van der Waals surface area contributed by atoms with E-state index < -0.39 is 10.0 Å². The van der Waals surface area contributed by atoms with Gasteiger partial charge in [-0.25, -0.2) is 8.42 Å². The number of anilines is 1. The minimum atomic E-state index is -3.76. The summed E-state index contributed by atoms with van der Waals surface area (Å²) in [6.07, 6.45) is 6.44. The SMILES string of the molecule is CCCCc1ccc(S(=O)(=O)Nc2cc(C(=O)NCc3cccnc3)ccc2C)cc1. The third-order valence-corrected chi connectivity index (χ3v) is 6.35. The van der Waals surface area contributed by atoms with Crippen molar-refractivity contribution in [3.8, 4) is 0 Å². The van der Waals surface area contributed by atoms with Gasteiger partial charge in [-0.3, -0.25) is 14.5 Å². The molecule has 0 saturated heterocycles. The summed E-state index contributed by atoms with van der Waals surface area (Å²) in [5.74, 6) is -0.287. The number of pyridine rings is 1. The number of aryl methyl sites for hydroxylation is 2. The number of hydrogen-bond donors (Lipinski definition) is 2. The van der Waals surface area contributed by atoms with E-state index in [9.17, 15) is 13.2 Å². The topological polar surface area (TPSA) is 88.2 Å². The molecule has 2 N–H and O–H groups in total. The number of carbonyl (C=O) groups excluding carboxylic acids is 1. The number of benzene rings is 2. The average Bonchev–Trinajstić information content (AvgIpc) is 2.78. The van der Waals surface area contributed by atoms with Crippen LogP contribution in [0.3, 0.4) is 0 Å². The molecule has 0 atom stereocenters. The Labute approximate surface area is 183 Å². The Kier molecular flexibility index (Phi) is 7.41. The number of carbonyl (C=O) groups is 1. The first kappa shape index (κ1) is 22.5. The van der Waals surface area contributed by atoms with Crippen LogP contribution in [0.5, 0.6) is 0 Å². The maximum absolute atomic E-state index is 12.9. The van der Waals surface area contributed by atoms with Gasteiger partial charge in [0, 0.05) is 24.5 Å². The van der Waals surface area contributed by atoms with Crippen molar-refractivity contribution in [2.75, 3.05) is 4.72 Å². The summed E-state index contributed by atoms with van der Waals surface area (Å²) in [5, 5.41) is 2.82. The van der Waals surface area contributed by atoms with Crippen LogP contribution < -0.4 is 10.0 Å². The second-order valence-corrected chi connectivity index (χ2v) is 9.11. The van der Waals surface area contributed by atoms with Crippen LogP contribution in [0, 0.1) is 6.92 Å². The number of nitrogens with zero attached hydrogens (tertiary/aromatic N) is 1. The molecule has 1 heterocycles. The molecule has 0 bridgehead atoms. The highest BCUT2D eigenvalue weighted by molar-refractivity contribution is 7.92. The number of hydrogen-bond acceptors (Lipinski definition) is 4. The summed E-state index contributed by atoms with van der Waals surface area (Å²) in [7, 11) is -3.76. The summed E-state index contributed by atoms with van der Waals surface area (Å²) < 4.78 is 28.3. The smallest absolute Gasteiger partial charge is 0.261 e. The van der Waals surface area contributed by atoms with Crippen molar-refractivity contribution in [3.05, 3.63) is 89.2 Å². The molecule has 0 unspecified atom stereocenters. The molecule has 1 aromatic heterocycles. The van der Waals surface area contributed by atoms with E-state index >= 15 is 0 Å². The van der Waals surface area contributed by atoms with Gasteiger partial charge in [-0.1, -0.05) is 37.6 Å². The van der Waals surface area contributed by atoms with E-state index in [1.165, 1.54) is 0 Å². The van der Waals surface area contributed by atoms with Crippen LogP contribution in [-0.4, -0.2) is 19.3 Å². The van der Waals surface area contributed by atoms with Crippen LogP contribution in [0.2, 0.25) is 0 Å². The zero-order chi connectivity index (χ0) is 22.3. The maximum atomic E-state index is 12.9. The number of amides is 1. The van der Waals surface area contributed by atoms with Gasteiger partial charge in [-0.2, -0.15) is 0 Å². The quantitative estimate of drug-likeness (QED) is 0.517. The fraction of sp³-hybridized carbons (Fsp3) is 0.250. The molecule has 3 aromatic rings. The van der Waals surface area contributed by atoms with Gasteiger partial charge in [-0.05, 0) is 66.8 Å². The van der Waals surface area contributed by atoms with Gasteiger partial charge in [0.2, 0.25) is 0 Å². The van der Waals surface area contributed by atoms with Gasteiger partial charge in [-0.15, -0.1) is 0 Å². The number of nitrogens with one attached hydrogen (secondary N) is 2. The molecule has 162 valence electrons. The monoisotopic (exact) mass is 437 g/mol. The van der Waals surface area contributed by atoms with E-state index in [2.05, 4.69) is 21.9 Å². The first-order valence-electron chi connectivity index (χ1n) is 10.3. The van der Waals surface area contributed by atoms with Gasteiger partial charge >= 0.3 is 0 Å². The minimum Gasteiger partial charge on any atom is -0.348 e. The number of rotatable bonds is 9. The minimum absolute atomic E-state index is 0.193. The second kappa shape index (κ2) is 10.2. The predicted octanol–water partition coefficient (Wildman–Crippen LogP) is 4.46. The lowest BCUT2D eigenvalue weighted by Crippen LogP contribution is -2.23. The highest BCUT2D eigenvalue weighted by Gasteiger charge is 2.17. The second-order valence-electron chi connectivity index (χ2n) is 7.43. The van der Waals surface area contributed by atoms with Crippen molar-refractivity contribution in [3.63, 3.8) is 0 Å². The highest BCUT2D eigenvalue weighted by atomic mass is 32.2. The highest BCUT2D eigenvalue weighted by Crippen LogP contribution is 2.22. The molecular formula is C24H27N3O3S. The molecule has 0 saturated carbocycles. The summed E-state index contributed by atoms with van der Waals surface area (Å²) >= 11 is 0. The van der Waals surface area contributed by atoms with Crippen LogP contribution in [0.4, 0.5) is 5.69 Å². The van der Waals surface area contributed by atoms with Crippen molar-refractivity contribution in [1.82, 2.24) is 10.3 Å². The van der Waals surface area contributed by atoms with E-state index in [0.29, 0.717) is 17.8 Å². The van der Waals surface area contributed by atoms with Crippen molar-refractivity contribution in [1.29, 1.82) is 0 Å². The lowest BCUT2D eigenvalue weighted by molar-refractivity contribution is 0.0951. The fourth-order valence-corrected chi connectivity index (χ4v) is 4.20. The Hall–Kier alpha value is -3.19. The summed E-state index contributed by atoms with van der Waals surface area (Å²) in [6, 6.07) is 15.6. The summed E-state index contributed by atoms with van der Waals surface area (Å²) in [4.78, 5) is 16.7. The van der Waals surface area contributed by atoms with Crippen LogP contribution in [0.1, 0.15) is 46.8 Å². The molecule has 0 aliphatic rings. The predicted molar refractivity (Wildman–Crippen MR) is 122 cm³/mol. The summed E-state index contributed by atoms with van der Waals surface area (Å²) in [5.41, 5.74) is 3.48. The van der Waals surface area contributed by atoms with Crippen LogP contribution in [-0.2, 0) is 23.0 Å². The van der Waals surface area contributed by atoms with Gasteiger partial charge < -0.3 is 5.32 Å². The average molecular weight is 438 g/mol. The lowest BCUT2D eigenvalue weighted by atomic mass is 10.1. The molecule has 0 spiro atoms. The number of aromatic nitrogens is 1. The molecule has 0 aliphatic carbocycles. The standard InChI is InChI=1S/C24H27N3O3S/c1-3-4-6-19-9-12-22(13-10-19)31(29,30)27-23-15-21(11-8-18(23)2)24(28)26-17-20-7-5-14-25-16-20/h5,7-16,27H,3-4,6,17H2,1-2H3,(H,26,28). The first-order chi connectivity index (χ1) is 14.9. The maximum Gasteiger partial charge on any atom is 0.261 e. The molecule has 31 heavy (non-hydrogen) atoms. The Bertz CT molecular complexity index is 1130. The number of sulfonamides is 1. The van der Waals surface area contributed by atoms with Gasteiger partial charge in [0.25, 0.3) is 15.9 Å². The first-order valence-corrected chi connectivity index (χ1v) is 11.8. The summed E-state index contributed by atoms with van der Waals surface area (Å²) in [6.45, 7) is 4.26. The Morgan fingerprint density at radius 1 is 1.03 bits per heavy atom. The lowest BCUT2D eigenvalue weighted by Gasteiger charge is -2.13. The molecule has 3 rings (SSSR count). The fourth-order valence-electron chi connectivity index (χ4n) is 3.08. The number of unbranched alkanes of at least 4 members (excludes halogenated alkanes) is 1. The van der Waals surface area contributed by atoms with E-state index in [0.717, 1.165) is 36.0 Å². The molecular weight excluding hydrogens is 410 g/mol. The third-order valence-electron chi connectivity index (χ3n) is 4.97. The van der Waals surface area contributed by atoms with Crippen molar-refractivity contribution >= 4 is 21.6 Å². The van der Waals surface area contributed by atoms with Crippen LogP contribution in [0.15, 0.2) is 71.9 Å². The Balaban J connectivity index is 1.72. The normalized spacial score (nSPS) is 11.2. The van der Waals surface area contributed by atoms with Gasteiger partial charge in [0.1, 0.15) is 0 Å². The molecule has 6 nitrogen and oxygen atoms in total. The van der Waals surface area contributed by atoms with Crippen molar-refractivity contribution < 1.29 is 13.2 Å². The van der Waals surface area contributed by atoms with Crippen LogP contribution in [0.25, 0.3) is 0 Å². The third kappa shape index (κ3) is 6.15.